The first-order chi connectivity index (χ1) is 20.5. The molecule has 2 aromatic heterocycles. The van der Waals surface area contributed by atoms with Crippen molar-refractivity contribution in [2.75, 3.05) is 7.05 Å². The summed E-state index contributed by atoms with van der Waals surface area (Å²) >= 11 is 1.10. The van der Waals surface area contributed by atoms with Gasteiger partial charge in [-0.3, -0.25) is 19.2 Å². The smallest absolute Gasteiger partial charge is 0.419 e. The summed E-state index contributed by atoms with van der Waals surface area (Å²) in [4.78, 5) is 63.1. The third kappa shape index (κ3) is 10.2. The lowest BCUT2D eigenvalue weighted by atomic mass is 9.96. The Bertz CT molecular complexity index is 1320. The van der Waals surface area contributed by atoms with Crippen LogP contribution in [0.3, 0.4) is 0 Å². The minimum absolute atomic E-state index is 0.00476. The topological polar surface area (TPSA) is 152 Å². The number of carbonyl (C=O) groups is 4. The van der Waals surface area contributed by atoms with Gasteiger partial charge in [0, 0.05) is 63.1 Å². The molecule has 2 N–H and O–H groups in total. The monoisotopic (exact) mass is 641 g/mol. The minimum atomic E-state index is -4.62. The Morgan fingerprint density at radius 1 is 1.14 bits per heavy atom. The largest absolute Gasteiger partial charge is 0.481 e. The maximum Gasteiger partial charge on any atom is 0.419 e. The highest BCUT2D eigenvalue weighted by Crippen LogP contribution is 2.35. The number of hydrogen-bond donors (Lipinski definition) is 2. The molecule has 1 aliphatic carbocycles. The van der Waals surface area contributed by atoms with E-state index in [0.717, 1.165) is 24.2 Å². The van der Waals surface area contributed by atoms with Crippen LogP contribution in [-0.4, -0.2) is 67.8 Å². The zero-order chi connectivity index (χ0) is 32.8. The molecule has 0 spiro atoms. The highest BCUT2D eigenvalue weighted by molar-refractivity contribution is 7.09. The number of amides is 2. The van der Waals surface area contributed by atoms with E-state index in [-0.39, 0.29) is 48.6 Å². The van der Waals surface area contributed by atoms with Crippen LogP contribution in [0, 0.1) is 17.8 Å². The first-order valence-corrected chi connectivity index (χ1v) is 15.2. The first kappa shape index (κ1) is 34.9. The van der Waals surface area contributed by atoms with Crippen molar-refractivity contribution in [3.8, 4) is 0 Å². The third-order valence-corrected chi connectivity index (χ3v) is 8.41. The predicted molar refractivity (Wildman–Crippen MR) is 153 cm³/mol. The standard InChI is InChI=1S/C29H38F3N5O6S/c1-15(2)22(37(5)25(39)9-18-6-7-18)11-23(43-17(4)38)27-36-21(14-44-27)26(40)35-20(8-16(3)28(41)42)10-24-33-12-19(13-34-24)29(30,31)32/h12-16,18,20,22-23H,6-11H2,1-5H3,(H,35,40)(H,41,42)/t16-,20+,22?,23+/m0/s1. The molecule has 0 aliphatic heterocycles. The summed E-state index contributed by atoms with van der Waals surface area (Å²) in [5, 5.41) is 13.9. The molecule has 2 aromatic rings. The maximum atomic E-state index is 13.2. The van der Waals surface area contributed by atoms with Gasteiger partial charge in [-0.25, -0.2) is 15.0 Å². The van der Waals surface area contributed by atoms with E-state index in [1.165, 1.54) is 19.2 Å². The molecule has 2 heterocycles. The quantitative estimate of drug-likeness (QED) is 0.264. The molecule has 0 aromatic carbocycles. The zero-order valence-electron chi connectivity index (χ0n) is 25.3. The molecule has 15 heteroatoms. The lowest BCUT2D eigenvalue weighted by Crippen LogP contribution is -2.42. The Labute approximate surface area is 257 Å². The minimum Gasteiger partial charge on any atom is -0.481 e. The fourth-order valence-corrected chi connectivity index (χ4v) is 5.58. The van der Waals surface area contributed by atoms with E-state index in [1.54, 1.807) is 11.9 Å². The van der Waals surface area contributed by atoms with Crippen LogP contribution >= 0.6 is 11.3 Å². The van der Waals surface area contributed by atoms with Crippen molar-refractivity contribution in [3.05, 3.63) is 39.9 Å². The number of halogens is 3. The van der Waals surface area contributed by atoms with E-state index >= 15 is 0 Å². The zero-order valence-corrected chi connectivity index (χ0v) is 26.1. The molecule has 1 aliphatic rings. The Balaban J connectivity index is 1.77. The first-order valence-electron chi connectivity index (χ1n) is 14.3. The number of ether oxygens (including phenoxy) is 1. The van der Waals surface area contributed by atoms with Crippen molar-refractivity contribution < 1.29 is 42.2 Å². The van der Waals surface area contributed by atoms with Crippen molar-refractivity contribution in [2.45, 2.75) is 90.6 Å². The molecule has 0 radical (unpaired) electrons. The molecule has 11 nitrogen and oxygen atoms in total. The van der Waals surface area contributed by atoms with Crippen LogP contribution in [0.2, 0.25) is 0 Å². The number of rotatable bonds is 15. The number of alkyl halides is 3. The van der Waals surface area contributed by atoms with Crippen molar-refractivity contribution in [1.82, 2.24) is 25.2 Å². The van der Waals surface area contributed by atoms with Gasteiger partial charge in [-0.1, -0.05) is 20.8 Å². The number of carboxylic acid groups (broad SMARTS) is 1. The summed E-state index contributed by atoms with van der Waals surface area (Å²) in [5.41, 5.74) is -1.04. The number of nitrogens with zero attached hydrogens (tertiary/aromatic N) is 4. The average molecular weight is 642 g/mol. The lowest BCUT2D eigenvalue weighted by Gasteiger charge is -2.33. The van der Waals surface area contributed by atoms with Crippen LogP contribution in [0.1, 0.15) is 92.8 Å². The molecule has 4 atom stereocenters. The molecule has 2 amide bonds. The number of aliphatic carboxylic acids is 1. The number of aromatic nitrogens is 3. The van der Waals surface area contributed by atoms with Gasteiger partial charge in [0.15, 0.2) is 6.10 Å². The number of carboxylic acids is 1. The van der Waals surface area contributed by atoms with Gasteiger partial charge in [0.25, 0.3) is 5.91 Å². The second-order valence-corrected chi connectivity index (χ2v) is 12.5. The van der Waals surface area contributed by atoms with Crippen molar-refractivity contribution in [2.24, 2.45) is 17.8 Å². The normalized spacial score (nSPS) is 16.1. The van der Waals surface area contributed by atoms with Gasteiger partial charge in [-0.2, -0.15) is 13.2 Å². The molecule has 242 valence electrons. The fourth-order valence-electron chi connectivity index (χ4n) is 4.74. The van der Waals surface area contributed by atoms with Crippen LogP contribution in [0.25, 0.3) is 0 Å². The molecular formula is C29H38F3N5O6S. The second kappa shape index (κ2) is 14.9. The summed E-state index contributed by atoms with van der Waals surface area (Å²) in [7, 11) is 1.74. The van der Waals surface area contributed by atoms with E-state index in [9.17, 15) is 37.5 Å². The predicted octanol–water partition coefficient (Wildman–Crippen LogP) is 4.68. The van der Waals surface area contributed by atoms with Crippen LogP contribution in [0.15, 0.2) is 17.8 Å². The van der Waals surface area contributed by atoms with Gasteiger partial charge in [-0.15, -0.1) is 11.3 Å². The number of esters is 1. The molecule has 1 unspecified atom stereocenters. The number of carbonyl (C=O) groups excluding carboxylic acids is 3. The molecule has 0 saturated heterocycles. The molecule has 1 fully saturated rings. The van der Waals surface area contributed by atoms with Gasteiger partial charge in [0.1, 0.15) is 16.5 Å². The van der Waals surface area contributed by atoms with Crippen molar-refractivity contribution in [3.63, 3.8) is 0 Å². The Morgan fingerprint density at radius 2 is 1.77 bits per heavy atom. The molecule has 3 rings (SSSR count). The van der Waals surface area contributed by atoms with E-state index < -0.39 is 47.6 Å². The molecule has 0 bridgehead atoms. The maximum absolute atomic E-state index is 13.2. The van der Waals surface area contributed by atoms with E-state index in [4.69, 9.17) is 4.74 Å². The van der Waals surface area contributed by atoms with Gasteiger partial charge < -0.3 is 20.1 Å². The van der Waals surface area contributed by atoms with Crippen LogP contribution in [0.4, 0.5) is 13.2 Å². The summed E-state index contributed by atoms with van der Waals surface area (Å²) in [5.74, 6) is -2.74. The highest BCUT2D eigenvalue weighted by Gasteiger charge is 2.34. The number of nitrogens with one attached hydrogen (secondary N) is 1. The van der Waals surface area contributed by atoms with Gasteiger partial charge in [0.2, 0.25) is 5.91 Å². The highest BCUT2D eigenvalue weighted by atomic mass is 32.1. The Morgan fingerprint density at radius 3 is 2.30 bits per heavy atom. The van der Waals surface area contributed by atoms with Crippen molar-refractivity contribution in [1.29, 1.82) is 0 Å². The summed E-state index contributed by atoms with van der Waals surface area (Å²) in [6, 6.07) is -1.10. The third-order valence-electron chi connectivity index (χ3n) is 7.47. The SMILES string of the molecule is CC(=O)O[C@H](CC(C(C)C)N(C)C(=O)CC1CC1)c1nc(C(=O)N[C@@H](Cc2ncc(C(F)(F)F)cn2)C[C@H](C)C(=O)O)cs1. The van der Waals surface area contributed by atoms with Crippen LogP contribution < -0.4 is 5.32 Å². The van der Waals surface area contributed by atoms with E-state index in [2.05, 4.69) is 20.3 Å². The lowest BCUT2D eigenvalue weighted by molar-refractivity contribution is -0.148. The van der Waals surface area contributed by atoms with Crippen molar-refractivity contribution >= 4 is 35.1 Å². The summed E-state index contributed by atoms with van der Waals surface area (Å²) in [6.07, 6.45) is -1.53. The number of thiazole rings is 1. The fraction of sp³-hybridized carbons (Fsp3) is 0.621. The van der Waals surface area contributed by atoms with Crippen LogP contribution in [0.5, 0.6) is 0 Å². The van der Waals surface area contributed by atoms with E-state index in [0.29, 0.717) is 29.7 Å². The Kier molecular flexibility index (Phi) is 11.8. The Hall–Kier alpha value is -3.62. The molecular weight excluding hydrogens is 603 g/mol. The number of hydrogen-bond acceptors (Lipinski definition) is 9. The van der Waals surface area contributed by atoms with Gasteiger partial charge in [0.05, 0.1) is 11.5 Å². The summed E-state index contributed by atoms with van der Waals surface area (Å²) < 4.78 is 44.3. The van der Waals surface area contributed by atoms with Gasteiger partial charge in [-0.05, 0) is 31.1 Å². The molecule has 44 heavy (non-hydrogen) atoms. The van der Waals surface area contributed by atoms with E-state index in [1.807, 2.05) is 13.8 Å². The average Bonchev–Trinajstić information content (AvgIpc) is 3.60. The summed E-state index contributed by atoms with van der Waals surface area (Å²) in [6.45, 7) is 6.64. The molecule has 1 saturated carbocycles. The van der Waals surface area contributed by atoms with Gasteiger partial charge >= 0.3 is 18.1 Å². The van der Waals surface area contributed by atoms with Crippen LogP contribution in [-0.2, 0) is 31.7 Å². The second-order valence-electron chi connectivity index (χ2n) is 11.6.